The van der Waals surface area contributed by atoms with E-state index in [-0.39, 0.29) is 35.7 Å². The van der Waals surface area contributed by atoms with Gasteiger partial charge in [0, 0.05) is 0 Å². The van der Waals surface area contributed by atoms with Gasteiger partial charge in [-0.3, -0.25) is 0 Å². The van der Waals surface area contributed by atoms with Gasteiger partial charge in [0.2, 0.25) is 0 Å². The second-order valence-corrected chi connectivity index (χ2v) is 14.0. The van der Waals surface area contributed by atoms with Gasteiger partial charge in [0.05, 0.1) is 6.10 Å². The van der Waals surface area contributed by atoms with Crippen LogP contribution >= 0.6 is 0 Å². The Bertz CT molecular complexity index is 715. The van der Waals surface area contributed by atoms with Gasteiger partial charge in [-0.25, -0.2) is 0 Å². The zero-order chi connectivity index (χ0) is 24.4. The van der Waals surface area contributed by atoms with Crippen molar-refractivity contribution < 1.29 is 23.4 Å². The lowest BCUT2D eigenvalue weighted by Gasteiger charge is -2.62. The van der Waals surface area contributed by atoms with E-state index in [1.807, 2.05) is 0 Å². The van der Waals surface area contributed by atoms with Crippen LogP contribution in [0.2, 0.25) is 0 Å². The predicted molar refractivity (Wildman–Crippen MR) is 126 cm³/mol. The number of aliphatic hydroxyl groups excluding tert-OH is 1. The van der Waals surface area contributed by atoms with E-state index in [9.17, 15) is 23.4 Å². The Morgan fingerprint density at radius 1 is 0.879 bits per heavy atom. The first-order valence-corrected chi connectivity index (χ1v) is 13.6. The standard InChI is InChI=1S/C28H47F3O2/c1-24(2,3)23(32)8-6-7-18-10-12-21-20-11-9-19-17-27(33,28(29,30)31)16-15-26(19,5)22(20)13-14-25(18,21)4/h18-23,32-33H,6-17H2,1-5H3/t18-,19+,20-,21-,22-,23+,25+,26-,27-/m0/s1. The molecule has 2 nitrogen and oxygen atoms in total. The van der Waals surface area contributed by atoms with E-state index in [1.54, 1.807) is 0 Å². The first-order valence-electron chi connectivity index (χ1n) is 13.6. The van der Waals surface area contributed by atoms with Crippen molar-refractivity contribution in [1.82, 2.24) is 0 Å². The molecule has 0 bridgehead atoms. The SMILES string of the molecule is CC(C)(C)[C@H](O)CCC[C@H]1CC[C@H]2[C@@H]3CC[C@@H]4C[C@](O)(C(F)(F)F)CC[C@]4(C)[C@H]3CC[C@]12C. The Balaban J connectivity index is 1.43. The molecular formula is C28H47F3O2. The van der Waals surface area contributed by atoms with E-state index in [1.165, 1.54) is 25.7 Å². The molecule has 0 aliphatic heterocycles. The van der Waals surface area contributed by atoms with Gasteiger partial charge in [0.15, 0.2) is 5.60 Å². The van der Waals surface area contributed by atoms with Gasteiger partial charge in [-0.2, -0.15) is 13.2 Å². The van der Waals surface area contributed by atoms with E-state index in [2.05, 4.69) is 34.6 Å². The normalized spacial score (nSPS) is 46.9. The number of hydrogen-bond donors (Lipinski definition) is 2. The summed E-state index contributed by atoms with van der Waals surface area (Å²) in [7, 11) is 0. The number of aliphatic hydroxyl groups is 2. The third-order valence-corrected chi connectivity index (χ3v) is 11.5. The molecule has 9 atom stereocenters. The third kappa shape index (κ3) is 4.30. The van der Waals surface area contributed by atoms with Gasteiger partial charge < -0.3 is 10.2 Å². The summed E-state index contributed by atoms with van der Waals surface area (Å²) in [4.78, 5) is 0. The molecule has 5 heteroatoms. The summed E-state index contributed by atoms with van der Waals surface area (Å²) in [6.45, 7) is 11.1. The average molecular weight is 473 g/mol. The van der Waals surface area contributed by atoms with Crippen molar-refractivity contribution in [3.05, 3.63) is 0 Å². The molecule has 4 saturated carbocycles. The summed E-state index contributed by atoms with van der Waals surface area (Å²) in [6, 6.07) is 0. The van der Waals surface area contributed by atoms with Crippen molar-refractivity contribution in [3.8, 4) is 0 Å². The molecule has 4 fully saturated rings. The first kappa shape index (κ1) is 25.8. The van der Waals surface area contributed by atoms with Gasteiger partial charge in [0.25, 0.3) is 0 Å². The van der Waals surface area contributed by atoms with Crippen LogP contribution in [0.1, 0.15) is 112 Å². The monoisotopic (exact) mass is 472 g/mol. The maximum absolute atomic E-state index is 13.6. The van der Waals surface area contributed by atoms with E-state index >= 15 is 0 Å². The van der Waals surface area contributed by atoms with Gasteiger partial charge in [-0.05, 0) is 116 Å². The van der Waals surface area contributed by atoms with Crippen molar-refractivity contribution >= 4 is 0 Å². The lowest BCUT2D eigenvalue weighted by molar-refractivity contribution is -0.290. The maximum Gasteiger partial charge on any atom is 0.417 e. The minimum absolute atomic E-state index is 0.0143. The minimum atomic E-state index is -4.52. The number of alkyl halides is 3. The summed E-state index contributed by atoms with van der Waals surface area (Å²) >= 11 is 0. The fraction of sp³-hybridized carbons (Fsp3) is 1.00. The second kappa shape index (κ2) is 8.39. The molecule has 0 radical (unpaired) electrons. The summed E-state index contributed by atoms with van der Waals surface area (Å²) in [5.41, 5.74) is -2.26. The molecule has 0 unspecified atom stereocenters. The highest BCUT2D eigenvalue weighted by Crippen LogP contribution is 2.69. The topological polar surface area (TPSA) is 40.5 Å². The highest BCUT2D eigenvalue weighted by Gasteiger charge is 2.64. The van der Waals surface area contributed by atoms with Crippen LogP contribution in [0.5, 0.6) is 0 Å². The smallest absolute Gasteiger partial charge is 0.393 e. The highest BCUT2D eigenvalue weighted by atomic mass is 19.4. The molecular weight excluding hydrogens is 425 g/mol. The van der Waals surface area contributed by atoms with Crippen LogP contribution in [-0.2, 0) is 0 Å². The van der Waals surface area contributed by atoms with Gasteiger partial charge in [0.1, 0.15) is 0 Å². The molecule has 0 aromatic heterocycles. The van der Waals surface area contributed by atoms with Crippen LogP contribution in [0.4, 0.5) is 13.2 Å². The Kier molecular flexibility index (Phi) is 6.56. The number of rotatable bonds is 4. The average Bonchev–Trinajstić information content (AvgIpc) is 3.03. The largest absolute Gasteiger partial charge is 0.417 e. The molecule has 33 heavy (non-hydrogen) atoms. The van der Waals surface area contributed by atoms with E-state index in [0.29, 0.717) is 35.5 Å². The molecule has 4 rings (SSSR count). The Hall–Kier alpha value is -0.290. The summed E-state index contributed by atoms with van der Waals surface area (Å²) in [5.74, 6) is 2.53. The molecule has 0 aromatic rings. The summed E-state index contributed by atoms with van der Waals surface area (Å²) in [5, 5.41) is 20.9. The van der Waals surface area contributed by atoms with Crippen molar-refractivity contribution in [3.63, 3.8) is 0 Å². The lowest BCUT2D eigenvalue weighted by atomic mass is 9.43. The Labute approximate surface area is 199 Å². The zero-order valence-corrected chi connectivity index (χ0v) is 21.5. The van der Waals surface area contributed by atoms with Crippen molar-refractivity contribution in [2.45, 2.75) is 130 Å². The molecule has 192 valence electrons. The highest BCUT2D eigenvalue weighted by molar-refractivity contribution is 5.11. The van der Waals surface area contributed by atoms with Gasteiger partial charge in [-0.1, -0.05) is 41.0 Å². The fourth-order valence-corrected chi connectivity index (χ4v) is 9.08. The molecule has 0 amide bonds. The van der Waals surface area contributed by atoms with Crippen molar-refractivity contribution in [1.29, 1.82) is 0 Å². The first-order chi connectivity index (χ1) is 15.1. The quantitative estimate of drug-likeness (QED) is 0.444. The molecule has 0 aromatic carbocycles. The third-order valence-electron chi connectivity index (χ3n) is 11.5. The summed E-state index contributed by atoms with van der Waals surface area (Å²) < 4.78 is 40.7. The molecule has 0 heterocycles. The maximum atomic E-state index is 13.6. The van der Waals surface area contributed by atoms with Crippen LogP contribution < -0.4 is 0 Å². The van der Waals surface area contributed by atoms with E-state index in [0.717, 1.165) is 32.1 Å². The number of hydrogen-bond acceptors (Lipinski definition) is 2. The number of halogens is 3. The van der Waals surface area contributed by atoms with E-state index in [4.69, 9.17) is 0 Å². The van der Waals surface area contributed by atoms with Crippen molar-refractivity contribution in [2.24, 2.45) is 45.8 Å². The zero-order valence-electron chi connectivity index (χ0n) is 21.5. The van der Waals surface area contributed by atoms with Gasteiger partial charge in [-0.15, -0.1) is 0 Å². The Morgan fingerprint density at radius 2 is 1.55 bits per heavy atom. The van der Waals surface area contributed by atoms with Crippen molar-refractivity contribution in [2.75, 3.05) is 0 Å². The molecule has 0 saturated heterocycles. The molecule has 0 spiro atoms. The minimum Gasteiger partial charge on any atom is -0.393 e. The van der Waals surface area contributed by atoms with Crippen LogP contribution in [0.15, 0.2) is 0 Å². The van der Waals surface area contributed by atoms with Crippen LogP contribution in [0.25, 0.3) is 0 Å². The van der Waals surface area contributed by atoms with E-state index < -0.39 is 11.8 Å². The van der Waals surface area contributed by atoms with Crippen LogP contribution in [0.3, 0.4) is 0 Å². The van der Waals surface area contributed by atoms with Gasteiger partial charge >= 0.3 is 6.18 Å². The Morgan fingerprint density at radius 3 is 2.18 bits per heavy atom. The fourth-order valence-electron chi connectivity index (χ4n) is 9.08. The molecule has 4 aliphatic rings. The molecule has 2 N–H and O–H groups in total. The number of fused-ring (bicyclic) bond motifs is 5. The molecule has 4 aliphatic carbocycles. The van der Waals surface area contributed by atoms with Crippen LogP contribution in [-0.4, -0.2) is 28.1 Å². The van der Waals surface area contributed by atoms with Crippen LogP contribution in [0, 0.1) is 45.8 Å². The lowest BCUT2D eigenvalue weighted by Crippen LogP contribution is -2.59. The second-order valence-electron chi connectivity index (χ2n) is 14.0. The predicted octanol–water partition coefficient (Wildman–Crippen LogP) is 7.52. The summed E-state index contributed by atoms with van der Waals surface area (Å²) in [6.07, 6.45) is 5.37.